The average Bonchev–Trinajstić information content (AvgIpc) is 3.29. The molecule has 3 N–H and O–H groups in total. The molecule has 3 aromatic rings. The number of fused-ring (bicyclic) bond motifs is 1. The van der Waals surface area contributed by atoms with Crippen LogP contribution in [0, 0.1) is 29.1 Å². The first-order valence-electron chi connectivity index (χ1n) is 12.4. The lowest BCUT2D eigenvalue weighted by Crippen LogP contribution is -2.44. The summed E-state index contributed by atoms with van der Waals surface area (Å²) in [4.78, 5) is 0.759. The first-order valence-corrected chi connectivity index (χ1v) is 15.8. The van der Waals surface area contributed by atoms with Gasteiger partial charge >= 0.3 is 0 Å². The number of methoxy groups -OCH3 is 1. The highest BCUT2D eigenvalue weighted by Gasteiger charge is 2.26. The van der Waals surface area contributed by atoms with Crippen molar-refractivity contribution in [1.82, 2.24) is 5.32 Å². The standard InChI is InChI=1S/C29H32FN4O2PS/c1-19(17-31)28-22-7-5-8-25(34-23-12-14-32-18-20(23)16-30)29(22)38-27(28)9-6-13-33-24-11-10-21(37(3,4)35)15-26(24)36-2/h5,7-8,10-11,15,20,23,32-34H,1,12-14,16,18H2,2-4H3. The Morgan fingerprint density at radius 3 is 2.84 bits per heavy atom. The van der Waals surface area contributed by atoms with Crippen molar-refractivity contribution in [3.8, 4) is 23.7 Å². The Bertz CT molecular complexity index is 1490. The van der Waals surface area contributed by atoms with Crippen molar-refractivity contribution in [3.63, 3.8) is 0 Å². The van der Waals surface area contributed by atoms with Crippen LogP contribution in [0.15, 0.2) is 43.0 Å². The molecule has 2 heterocycles. The Morgan fingerprint density at radius 1 is 1.32 bits per heavy atom. The Hall–Kier alpha value is -3.29. The highest BCUT2D eigenvalue weighted by Crippen LogP contribution is 2.40. The van der Waals surface area contributed by atoms with Gasteiger partial charge in [0.1, 0.15) is 12.9 Å². The molecule has 2 unspecified atom stereocenters. The number of benzene rings is 2. The molecule has 198 valence electrons. The zero-order valence-electron chi connectivity index (χ0n) is 21.9. The van der Waals surface area contributed by atoms with E-state index >= 15 is 0 Å². The van der Waals surface area contributed by atoms with Gasteiger partial charge in [-0.3, -0.25) is 4.39 Å². The van der Waals surface area contributed by atoms with Gasteiger partial charge < -0.3 is 25.3 Å². The Kier molecular flexibility index (Phi) is 8.80. The topological polar surface area (TPSA) is 86.2 Å². The average molecular weight is 551 g/mol. The van der Waals surface area contributed by atoms with E-state index in [1.54, 1.807) is 26.5 Å². The second-order valence-corrected chi connectivity index (χ2v) is 13.9. The van der Waals surface area contributed by atoms with Gasteiger partial charge in [0.15, 0.2) is 0 Å². The monoisotopic (exact) mass is 550 g/mol. The summed E-state index contributed by atoms with van der Waals surface area (Å²) < 4.78 is 32.5. The molecule has 6 nitrogen and oxygen atoms in total. The molecule has 1 aliphatic rings. The molecule has 0 spiro atoms. The van der Waals surface area contributed by atoms with E-state index < -0.39 is 7.14 Å². The minimum atomic E-state index is -2.40. The lowest BCUT2D eigenvalue weighted by molar-refractivity contribution is 0.274. The number of anilines is 2. The molecule has 4 rings (SSSR count). The van der Waals surface area contributed by atoms with Gasteiger partial charge in [-0.1, -0.05) is 30.6 Å². The largest absolute Gasteiger partial charge is 0.495 e. The van der Waals surface area contributed by atoms with Crippen LogP contribution in [0.3, 0.4) is 0 Å². The van der Waals surface area contributed by atoms with E-state index in [-0.39, 0.29) is 18.6 Å². The fourth-order valence-corrected chi connectivity index (χ4v) is 6.62. The molecule has 1 saturated heterocycles. The maximum atomic E-state index is 13.6. The number of hydrogen-bond donors (Lipinski definition) is 3. The van der Waals surface area contributed by atoms with Crippen LogP contribution in [0.5, 0.6) is 5.75 Å². The van der Waals surface area contributed by atoms with E-state index in [9.17, 15) is 14.2 Å². The van der Waals surface area contributed by atoms with Gasteiger partial charge in [-0.25, -0.2) is 0 Å². The zero-order valence-corrected chi connectivity index (χ0v) is 23.6. The number of thiophene rings is 1. The summed E-state index contributed by atoms with van der Waals surface area (Å²) in [6.45, 7) is 8.88. The molecule has 2 atom stereocenters. The van der Waals surface area contributed by atoms with Gasteiger partial charge in [-0.2, -0.15) is 5.26 Å². The number of halogens is 1. The SMILES string of the molecule is C=C(C#N)c1c(C#CCNc2ccc(P(C)(C)=O)cc2OC)sc2c(NC3CCNCC3CF)cccc12. The molecular formula is C29H32FN4O2PS. The number of piperidine rings is 1. The predicted octanol–water partition coefficient (Wildman–Crippen LogP) is 5.52. The lowest BCUT2D eigenvalue weighted by atomic mass is 9.94. The van der Waals surface area contributed by atoms with Crippen molar-refractivity contribution in [2.75, 3.05) is 57.4 Å². The molecule has 38 heavy (non-hydrogen) atoms. The van der Waals surface area contributed by atoms with Crippen LogP contribution in [0.25, 0.3) is 15.7 Å². The number of allylic oxidation sites excluding steroid dienone is 1. The fourth-order valence-electron chi connectivity index (χ4n) is 4.58. The van der Waals surface area contributed by atoms with Crippen LogP contribution < -0.4 is 26.0 Å². The smallest absolute Gasteiger partial charge is 0.142 e. The summed E-state index contributed by atoms with van der Waals surface area (Å²) in [6.07, 6.45) is 0.838. The lowest BCUT2D eigenvalue weighted by Gasteiger charge is -2.31. The zero-order chi connectivity index (χ0) is 27.3. The predicted molar refractivity (Wildman–Crippen MR) is 158 cm³/mol. The van der Waals surface area contributed by atoms with Crippen LogP contribution in [0.1, 0.15) is 16.9 Å². The molecule has 0 aliphatic carbocycles. The van der Waals surface area contributed by atoms with Crippen LogP contribution in [0.4, 0.5) is 15.8 Å². The van der Waals surface area contributed by atoms with Gasteiger partial charge in [0.05, 0.1) is 52.9 Å². The fraction of sp³-hybridized carbons (Fsp3) is 0.345. The van der Waals surface area contributed by atoms with Crippen molar-refractivity contribution in [2.24, 2.45) is 5.92 Å². The molecule has 0 bridgehead atoms. The number of hydrogen-bond acceptors (Lipinski definition) is 7. The van der Waals surface area contributed by atoms with Gasteiger partial charge in [0.2, 0.25) is 0 Å². The van der Waals surface area contributed by atoms with Gasteiger partial charge in [-0.15, -0.1) is 11.3 Å². The number of alkyl halides is 1. The van der Waals surface area contributed by atoms with E-state index in [0.717, 1.165) is 50.2 Å². The second kappa shape index (κ2) is 12.0. The van der Waals surface area contributed by atoms with Crippen molar-refractivity contribution in [1.29, 1.82) is 5.26 Å². The van der Waals surface area contributed by atoms with E-state index in [4.69, 9.17) is 4.74 Å². The number of nitriles is 1. The second-order valence-electron chi connectivity index (χ2n) is 9.63. The number of ether oxygens (including phenoxy) is 1. The third-order valence-corrected chi connectivity index (χ3v) is 9.35. The molecule has 2 aromatic carbocycles. The Morgan fingerprint density at radius 2 is 2.13 bits per heavy atom. The summed E-state index contributed by atoms with van der Waals surface area (Å²) in [5.41, 5.74) is 2.77. The Labute approximate surface area is 227 Å². The number of nitrogens with zero attached hydrogens (tertiary/aromatic N) is 1. The molecule has 1 aromatic heterocycles. The third-order valence-electron chi connectivity index (χ3n) is 6.68. The third kappa shape index (κ3) is 6.05. The quantitative estimate of drug-likeness (QED) is 0.195. The highest BCUT2D eigenvalue weighted by atomic mass is 32.1. The number of rotatable bonds is 8. The summed E-state index contributed by atoms with van der Waals surface area (Å²) >= 11 is 1.51. The van der Waals surface area contributed by atoms with Crippen LogP contribution in [-0.2, 0) is 4.57 Å². The molecule has 9 heteroatoms. The summed E-state index contributed by atoms with van der Waals surface area (Å²) in [7, 11) is -0.822. The van der Waals surface area contributed by atoms with Crippen LogP contribution in [0.2, 0.25) is 0 Å². The Balaban J connectivity index is 1.61. The maximum absolute atomic E-state index is 13.6. The van der Waals surface area contributed by atoms with Crippen molar-refractivity contribution >= 4 is 50.8 Å². The normalized spacial score (nSPS) is 17.2. The van der Waals surface area contributed by atoms with E-state index in [1.807, 2.05) is 30.3 Å². The van der Waals surface area contributed by atoms with Crippen LogP contribution in [-0.4, -0.2) is 52.8 Å². The molecule has 0 radical (unpaired) electrons. The molecule has 0 amide bonds. The van der Waals surface area contributed by atoms with E-state index in [1.165, 1.54) is 11.3 Å². The molecular weight excluding hydrogens is 518 g/mol. The van der Waals surface area contributed by atoms with Gasteiger partial charge in [0, 0.05) is 34.8 Å². The van der Waals surface area contributed by atoms with Gasteiger partial charge in [0.25, 0.3) is 0 Å². The summed E-state index contributed by atoms with van der Waals surface area (Å²) in [5.74, 6) is 6.89. The molecule has 1 aliphatic heterocycles. The van der Waals surface area contributed by atoms with Crippen molar-refractivity contribution in [3.05, 3.63) is 53.4 Å². The minimum Gasteiger partial charge on any atom is -0.495 e. The number of nitrogens with one attached hydrogen (secondary N) is 3. The van der Waals surface area contributed by atoms with Crippen molar-refractivity contribution < 1.29 is 13.7 Å². The summed E-state index contributed by atoms with van der Waals surface area (Å²) in [6, 6.07) is 13.6. The first kappa shape index (κ1) is 27.7. The summed E-state index contributed by atoms with van der Waals surface area (Å²) in [5, 5.41) is 21.4. The van der Waals surface area contributed by atoms with Crippen LogP contribution >= 0.6 is 18.5 Å². The van der Waals surface area contributed by atoms with E-state index in [0.29, 0.717) is 24.4 Å². The van der Waals surface area contributed by atoms with Gasteiger partial charge in [-0.05, 0) is 50.6 Å². The first-order chi connectivity index (χ1) is 18.3. The molecule has 1 fully saturated rings. The molecule has 0 saturated carbocycles. The van der Waals surface area contributed by atoms with E-state index in [2.05, 4.69) is 40.4 Å². The van der Waals surface area contributed by atoms with Crippen molar-refractivity contribution in [2.45, 2.75) is 12.5 Å². The highest BCUT2D eigenvalue weighted by molar-refractivity contribution is 7.70. The maximum Gasteiger partial charge on any atom is 0.142 e. The minimum absolute atomic E-state index is 0.0333.